The van der Waals surface area contributed by atoms with Crippen molar-refractivity contribution in [2.45, 2.75) is 25.9 Å². The molecule has 1 N–H and O–H groups in total. The average molecular weight is 496 g/mol. The standard InChI is InChI=1S/C23H45NO10/c1-22(25)33-20-18-31-16-14-29-12-10-27-8-6-26-7-9-28-11-13-30-15-17-32-19-21-34-23-2-4-24-5-3-23/h23-24H,2-21H2,1H3. The van der Waals surface area contributed by atoms with E-state index in [9.17, 15) is 4.79 Å². The molecule has 0 amide bonds. The first-order valence-electron chi connectivity index (χ1n) is 12.3. The Hall–Kier alpha value is -0.890. The van der Waals surface area contributed by atoms with E-state index in [-0.39, 0.29) is 12.6 Å². The molecule has 0 atom stereocenters. The fraction of sp³-hybridized carbons (Fsp3) is 0.957. The number of hydrogen-bond donors (Lipinski definition) is 1. The van der Waals surface area contributed by atoms with Gasteiger partial charge in [0.1, 0.15) is 6.61 Å². The van der Waals surface area contributed by atoms with Crippen LogP contribution < -0.4 is 5.32 Å². The number of ether oxygens (including phenoxy) is 9. The minimum atomic E-state index is -0.305. The summed E-state index contributed by atoms with van der Waals surface area (Å²) < 4.78 is 48.4. The molecule has 0 aromatic heterocycles. The lowest BCUT2D eigenvalue weighted by Crippen LogP contribution is -2.33. The molecule has 0 bridgehead atoms. The van der Waals surface area contributed by atoms with E-state index >= 15 is 0 Å². The molecule has 0 unspecified atom stereocenters. The van der Waals surface area contributed by atoms with Gasteiger partial charge in [-0.15, -0.1) is 0 Å². The summed E-state index contributed by atoms with van der Waals surface area (Å²) in [6.07, 6.45) is 2.54. The zero-order valence-electron chi connectivity index (χ0n) is 20.8. The molecule has 202 valence electrons. The van der Waals surface area contributed by atoms with Crippen molar-refractivity contribution in [3.63, 3.8) is 0 Å². The Balaban J connectivity index is 1.62. The number of esters is 1. The second-order valence-electron chi connectivity index (χ2n) is 7.45. The van der Waals surface area contributed by atoms with Gasteiger partial charge in [0.15, 0.2) is 0 Å². The van der Waals surface area contributed by atoms with E-state index in [1.807, 2.05) is 0 Å². The Kier molecular flexibility index (Phi) is 23.1. The minimum Gasteiger partial charge on any atom is -0.463 e. The number of hydrogen-bond acceptors (Lipinski definition) is 11. The van der Waals surface area contributed by atoms with Gasteiger partial charge in [-0.2, -0.15) is 0 Å². The number of nitrogens with one attached hydrogen (secondary N) is 1. The van der Waals surface area contributed by atoms with Crippen molar-refractivity contribution in [1.29, 1.82) is 0 Å². The lowest BCUT2D eigenvalue weighted by Gasteiger charge is -2.22. The van der Waals surface area contributed by atoms with E-state index < -0.39 is 0 Å². The van der Waals surface area contributed by atoms with E-state index in [1.54, 1.807) is 0 Å². The number of rotatable bonds is 25. The van der Waals surface area contributed by atoms with Gasteiger partial charge in [-0.25, -0.2) is 0 Å². The van der Waals surface area contributed by atoms with Crippen LogP contribution in [-0.4, -0.2) is 131 Å². The van der Waals surface area contributed by atoms with Gasteiger partial charge in [0, 0.05) is 6.92 Å². The maximum absolute atomic E-state index is 10.6. The molecule has 0 spiro atoms. The fourth-order valence-corrected chi connectivity index (χ4v) is 2.90. The smallest absolute Gasteiger partial charge is 0.302 e. The zero-order chi connectivity index (χ0) is 24.4. The van der Waals surface area contributed by atoms with Crippen LogP contribution in [0.2, 0.25) is 0 Å². The SMILES string of the molecule is CC(=O)OCCOCCOCCOCCOCCOCCOCCOCCOC1CCNCC1. The summed E-state index contributed by atoms with van der Waals surface area (Å²) >= 11 is 0. The summed E-state index contributed by atoms with van der Waals surface area (Å²) in [6, 6.07) is 0. The third-order valence-electron chi connectivity index (χ3n) is 4.63. The van der Waals surface area contributed by atoms with Crippen molar-refractivity contribution < 1.29 is 47.4 Å². The Morgan fingerprint density at radius 3 is 1.24 bits per heavy atom. The van der Waals surface area contributed by atoms with Crippen LogP contribution in [0.5, 0.6) is 0 Å². The third kappa shape index (κ3) is 22.9. The first kappa shape index (κ1) is 31.1. The molecule has 1 rings (SSSR count). The van der Waals surface area contributed by atoms with Gasteiger partial charge in [-0.3, -0.25) is 4.79 Å². The van der Waals surface area contributed by atoms with Crippen LogP contribution in [0.25, 0.3) is 0 Å². The molecule has 0 aliphatic carbocycles. The van der Waals surface area contributed by atoms with Crippen LogP contribution >= 0.6 is 0 Å². The van der Waals surface area contributed by atoms with Crippen molar-refractivity contribution in [2.75, 3.05) is 119 Å². The number of carbonyl (C=O) groups is 1. The molecular formula is C23H45NO10. The number of piperidine rings is 1. The van der Waals surface area contributed by atoms with Gasteiger partial charge in [-0.05, 0) is 25.9 Å². The molecular weight excluding hydrogens is 450 g/mol. The Morgan fingerprint density at radius 1 is 0.559 bits per heavy atom. The van der Waals surface area contributed by atoms with Gasteiger partial charge in [0.2, 0.25) is 0 Å². The molecule has 1 aliphatic rings. The lowest BCUT2D eigenvalue weighted by atomic mass is 10.1. The highest BCUT2D eigenvalue weighted by Gasteiger charge is 2.12. The predicted octanol–water partition coefficient (Wildman–Crippen LogP) is 0.434. The van der Waals surface area contributed by atoms with Crippen LogP contribution in [0.1, 0.15) is 19.8 Å². The van der Waals surface area contributed by atoms with Crippen LogP contribution in [0.3, 0.4) is 0 Å². The van der Waals surface area contributed by atoms with Gasteiger partial charge in [0.25, 0.3) is 0 Å². The van der Waals surface area contributed by atoms with E-state index in [1.165, 1.54) is 6.92 Å². The molecule has 34 heavy (non-hydrogen) atoms. The topological polar surface area (TPSA) is 112 Å². The molecule has 1 saturated heterocycles. The summed E-state index contributed by atoms with van der Waals surface area (Å²) in [4.78, 5) is 10.6. The van der Waals surface area contributed by atoms with Crippen LogP contribution in [0.4, 0.5) is 0 Å². The maximum atomic E-state index is 10.6. The van der Waals surface area contributed by atoms with Crippen molar-refractivity contribution >= 4 is 5.97 Å². The first-order chi connectivity index (χ1) is 16.8. The summed E-state index contributed by atoms with van der Waals surface area (Å²) in [5, 5.41) is 3.32. The molecule has 11 nitrogen and oxygen atoms in total. The Bertz CT molecular complexity index is 438. The first-order valence-corrected chi connectivity index (χ1v) is 12.3. The highest BCUT2D eigenvalue weighted by atomic mass is 16.6. The maximum Gasteiger partial charge on any atom is 0.302 e. The Morgan fingerprint density at radius 2 is 0.882 bits per heavy atom. The summed E-state index contributed by atoms with van der Waals surface area (Å²) in [7, 11) is 0. The fourth-order valence-electron chi connectivity index (χ4n) is 2.90. The molecule has 1 fully saturated rings. The van der Waals surface area contributed by atoms with Gasteiger partial charge >= 0.3 is 5.97 Å². The quantitative estimate of drug-likeness (QED) is 0.141. The monoisotopic (exact) mass is 495 g/mol. The molecule has 0 aromatic carbocycles. The summed E-state index contributed by atoms with van der Waals surface area (Å²) in [6.45, 7) is 11.5. The molecule has 1 heterocycles. The summed E-state index contributed by atoms with van der Waals surface area (Å²) in [5.74, 6) is -0.305. The zero-order valence-corrected chi connectivity index (χ0v) is 20.8. The van der Waals surface area contributed by atoms with Gasteiger partial charge < -0.3 is 47.9 Å². The number of carbonyl (C=O) groups excluding carboxylic acids is 1. The highest BCUT2D eigenvalue weighted by Crippen LogP contribution is 2.06. The van der Waals surface area contributed by atoms with Crippen molar-refractivity contribution in [3.8, 4) is 0 Å². The van der Waals surface area contributed by atoms with Gasteiger partial charge in [0.05, 0.1) is 105 Å². The second kappa shape index (κ2) is 25.2. The minimum absolute atomic E-state index is 0.266. The predicted molar refractivity (Wildman–Crippen MR) is 124 cm³/mol. The van der Waals surface area contributed by atoms with E-state index in [4.69, 9.17) is 42.6 Å². The van der Waals surface area contributed by atoms with Crippen molar-refractivity contribution in [2.24, 2.45) is 0 Å². The van der Waals surface area contributed by atoms with Crippen LogP contribution in [0.15, 0.2) is 0 Å². The Labute approximate surface area is 203 Å². The largest absolute Gasteiger partial charge is 0.463 e. The van der Waals surface area contributed by atoms with Gasteiger partial charge in [-0.1, -0.05) is 0 Å². The molecule has 1 aliphatic heterocycles. The molecule has 0 saturated carbocycles. The lowest BCUT2D eigenvalue weighted by molar-refractivity contribution is -0.142. The average Bonchev–Trinajstić information content (AvgIpc) is 2.84. The van der Waals surface area contributed by atoms with E-state index in [2.05, 4.69) is 5.32 Å². The van der Waals surface area contributed by atoms with Crippen molar-refractivity contribution in [3.05, 3.63) is 0 Å². The van der Waals surface area contributed by atoms with Crippen LogP contribution in [-0.2, 0) is 47.4 Å². The van der Waals surface area contributed by atoms with Crippen LogP contribution in [0, 0.1) is 0 Å². The third-order valence-corrected chi connectivity index (χ3v) is 4.63. The molecule has 0 radical (unpaired) electrons. The van der Waals surface area contributed by atoms with Crippen molar-refractivity contribution in [1.82, 2.24) is 5.32 Å². The van der Waals surface area contributed by atoms with E-state index in [0.717, 1.165) is 25.9 Å². The highest BCUT2D eigenvalue weighted by molar-refractivity contribution is 5.65. The van der Waals surface area contributed by atoms with E-state index in [0.29, 0.717) is 105 Å². The second-order valence-corrected chi connectivity index (χ2v) is 7.45. The normalized spacial score (nSPS) is 14.5. The summed E-state index contributed by atoms with van der Waals surface area (Å²) in [5.41, 5.74) is 0. The molecule has 11 heteroatoms. The molecule has 0 aromatic rings.